The molecule has 120 valence electrons. The Morgan fingerprint density at radius 3 is 2.67 bits per heavy atom. The van der Waals surface area contributed by atoms with Gasteiger partial charge in [-0.25, -0.2) is 0 Å². The first-order valence-corrected chi connectivity index (χ1v) is 7.79. The van der Waals surface area contributed by atoms with Crippen LogP contribution in [-0.2, 0) is 11.3 Å². The molecule has 2 N–H and O–H groups in total. The van der Waals surface area contributed by atoms with Crippen LogP contribution in [0.1, 0.15) is 20.8 Å². The molecule has 2 heterocycles. The Kier molecular flexibility index (Phi) is 6.17. The molecule has 4 atom stereocenters. The Labute approximate surface area is 127 Å². The van der Waals surface area contributed by atoms with Crippen LogP contribution >= 0.6 is 0 Å². The van der Waals surface area contributed by atoms with Gasteiger partial charge in [-0.15, -0.1) is 0 Å². The first-order valence-electron chi connectivity index (χ1n) is 7.79. The van der Waals surface area contributed by atoms with Crippen LogP contribution in [0, 0.1) is 0 Å². The van der Waals surface area contributed by atoms with Crippen LogP contribution in [0.3, 0.4) is 0 Å². The number of morpholine rings is 1. The maximum Gasteiger partial charge on any atom is 0.0791 e. The molecule has 2 rings (SSSR count). The summed E-state index contributed by atoms with van der Waals surface area (Å²) in [7, 11) is 0. The summed E-state index contributed by atoms with van der Waals surface area (Å²) < 4.78 is 7.60. The van der Waals surface area contributed by atoms with E-state index in [-0.39, 0.29) is 24.4 Å². The fourth-order valence-corrected chi connectivity index (χ4v) is 2.89. The summed E-state index contributed by atoms with van der Waals surface area (Å²) in [5, 5.41) is 17.7. The number of aliphatic hydroxyl groups excluding tert-OH is 1. The third kappa shape index (κ3) is 5.74. The molecular formula is C15H28N4O2. The van der Waals surface area contributed by atoms with Gasteiger partial charge in [0.05, 0.1) is 24.9 Å². The maximum absolute atomic E-state index is 10.2. The van der Waals surface area contributed by atoms with Gasteiger partial charge in [-0.05, 0) is 26.8 Å². The summed E-state index contributed by atoms with van der Waals surface area (Å²) in [4.78, 5) is 2.28. The van der Waals surface area contributed by atoms with Crippen molar-refractivity contribution in [2.75, 3.05) is 26.2 Å². The maximum atomic E-state index is 10.2. The lowest BCUT2D eigenvalue weighted by molar-refractivity contribution is -0.0763. The van der Waals surface area contributed by atoms with E-state index >= 15 is 0 Å². The van der Waals surface area contributed by atoms with Crippen LogP contribution in [0.2, 0.25) is 0 Å². The van der Waals surface area contributed by atoms with E-state index in [1.54, 1.807) is 6.20 Å². The molecule has 6 heteroatoms. The van der Waals surface area contributed by atoms with Crippen LogP contribution in [-0.4, -0.2) is 70.3 Å². The second-order valence-electron chi connectivity index (χ2n) is 6.17. The molecule has 0 bridgehead atoms. The van der Waals surface area contributed by atoms with Crippen molar-refractivity contribution in [2.24, 2.45) is 0 Å². The quantitative estimate of drug-likeness (QED) is 0.759. The first-order chi connectivity index (χ1) is 10.0. The van der Waals surface area contributed by atoms with E-state index < -0.39 is 0 Å². The molecule has 0 radical (unpaired) electrons. The minimum atomic E-state index is -0.359. The van der Waals surface area contributed by atoms with Gasteiger partial charge < -0.3 is 15.2 Å². The zero-order valence-corrected chi connectivity index (χ0v) is 13.3. The zero-order chi connectivity index (χ0) is 15.2. The Balaban J connectivity index is 1.65. The molecular weight excluding hydrogens is 268 g/mol. The number of hydrogen-bond acceptors (Lipinski definition) is 5. The lowest BCUT2D eigenvalue weighted by Crippen LogP contribution is -2.50. The summed E-state index contributed by atoms with van der Waals surface area (Å²) >= 11 is 0. The monoisotopic (exact) mass is 296 g/mol. The van der Waals surface area contributed by atoms with Crippen molar-refractivity contribution in [1.82, 2.24) is 20.0 Å². The minimum absolute atomic E-state index is 0.243. The van der Waals surface area contributed by atoms with E-state index in [1.165, 1.54) is 0 Å². The van der Waals surface area contributed by atoms with Gasteiger partial charge in [0.25, 0.3) is 0 Å². The molecule has 6 nitrogen and oxygen atoms in total. The van der Waals surface area contributed by atoms with Gasteiger partial charge in [0.2, 0.25) is 0 Å². The number of β-amino-alcohol motifs (C(OH)–C–C–N with tert-alkyl or cyclic N) is 1. The SMILES string of the molecule is C[C@H](Cn1cccn1)NC[C@H](O)CN1C[C@@H](C)O[C@H](C)C1. The molecule has 1 aromatic rings. The van der Waals surface area contributed by atoms with Crippen molar-refractivity contribution in [3.05, 3.63) is 18.5 Å². The average Bonchev–Trinajstić information content (AvgIpc) is 2.88. The fourth-order valence-electron chi connectivity index (χ4n) is 2.89. The lowest BCUT2D eigenvalue weighted by atomic mass is 10.2. The summed E-state index contributed by atoms with van der Waals surface area (Å²) in [5.41, 5.74) is 0. The third-order valence-electron chi connectivity index (χ3n) is 3.69. The number of rotatable bonds is 7. The number of ether oxygens (including phenoxy) is 1. The lowest BCUT2D eigenvalue weighted by Gasteiger charge is -2.36. The Morgan fingerprint density at radius 2 is 2.05 bits per heavy atom. The number of nitrogens with one attached hydrogen (secondary N) is 1. The van der Waals surface area contributed by atoms with E-state index in [0.29, 0.717) is 13.1 Å². The van der Waals surface area contributed by atoms with Crippen LogP contribution in [0.15, 0.2) is 18.5 Å². The van der Waals surface area contributed by atoms with Crippen molar-refractivity contribution in [3.8, 4) is 0 Å². The molecule has 0 saturated carbocycles. The third-order valence-corrected chi connectivity index (χ3v) is 3.69. The predicted octanol–water partition coefficient (Wildman–Crippen LogP) is 0.331. The van der Waals surface area contributed by atoms with Gasteiger partial charge in [-0.2, -0.15) is 5.10 Å². The van der Waals surface area contributed by atoms with E-state index in [4.69, 9.17) is 4.74 Å². The van der Waals surface area contributed by atoms with Gasteiger partial charge in [0.1, 0.15) is 0 Å². The molecule has 21 heavy (non-hydrogen) atoms. The Morgan fingerprint density at radius 1 is 1.33 bits per heavy atom. The van der Waals surface area contributed by atoms with E-state index in [1.807, 2.05) is 16.9 Å². The second kappa shape index (κ2) is 7.89. The fraction of sp³-hybridized carbons (Fsp3) is 0.800. The summed E-state index contributed by atoms with van der Waals surface area (Å²) in [6.07, 6.45) is 3.86. The topological polar surface area (TPSA) is 62.5 Å². The highest BCUT2D eigenvalue weighted by Gasteiger charge is 2.23. The summed E-state index contributed by atoms with van der Waals surface area (Å²) in [6.45, 7) is 10.2. The van der Waals surface area contributed by atoms with Crippen LogP contribution < -0.4 is 5.32 Å². The minimum Gasteiger partial charge on any atom is -0.390 e. The van der Waals surface area contributed by atoms with Crippen molar-refractivity contribution >= 4 is 0 Å². The standard InChI is InChI=1S/C15H28N4O2/c1-12(8-19-6-4-5-17-19)16-7-15(20)11-18-9-13(2)21-14(3)10-18/h4-6,12-16,20H,7-11H2,1-3H3/t12-,13-,14-,15+/m1/s1. The molecule has 0 spiro atoms. The highest BCUT2D eigenvalue weighted by Crippen LogP contribution is 2.10. The van der Waals surface area contributed by atoms with Crippen LogP contribution in [0.5, 0.6) is 0 Å². The van der Waals surface area contributed by atoms with Gasteiger partial charge in [-0.1, -0.05) is 0 Å². The molecule has 1 aliphatic heterocycles. The zero-order valence-electron chi connectivity index (χ0n) is 13.3. The van der Waals surface area contributed by atoms with Crippen molar-refractivity contribution in [1.29, 1.82) is 0 Å². The molecule has 1 fully saturated rings. The van der Waals surface area contributed by atoms with E-state index in [0.717, 1.165) is 19.6 Å². The average molecular weight is 296 g/mol. The molecule has 0 aliphatic carbocycles. The van der Waals surface area contributed by atoms with E-state index in [2.05, 4.69) is 36.1 Å². The highest BCUT2D eigenvalue weighted by atomic mass is 16.5. The Bertz CT molecular complexity index is 388. The van der Waals surface area contributed by atoms with Gasteiger partial charge in [0, 0.05) is 44.6 Å². The molecule has 0 unspecified atom stereocenters. The second-order valence-corrected chi connectivity index (χ2v) is 6.17. The number of aromatic nitrogens is 2. The number of hydrogen-bond donors (Lipinski definition) is 2. The van der Waals surface area contributed by atoms with Gasteiger partial charge >= 0.3 is 0 Å². The number of nitrogens with zero attached hydrogens (tertiary/aromatic N) is 3. The molecule has 0 amide bonds. The van der Waals surface area contributed by atoms with Gasteiger partial charge in [-0.3, -0.25) is 9.58 Å². The van der Waals surface area contributed by atoms with Crippen molar-refractivity contribution in [2.45, 2.75) is 51.7 Å². The summed E-state index contributed by atoms with van der Waals surface area (Å²) in [5.74, 6) is 0. The van der Waals surface area contributed by atoms with E-state index in [9.17, 15) is 5.11 Å². The number of aliphatic hydroxyl groups is 1. The van der Waals surface area contributed by atoms with Crippen LogP contribution in [0.4, 0.5) is 0 Å². The van der Waals surface area contributed by atoms with Crippen molar-refractivity contribution < 1.29 is 9.84 Å². The normalized spacial score (nSPS) is 26.7. The van der Waals surface area contributed by atoms with Gasteiger partial charge in [0.15, 0.2) is 0 Å². The smallest absolute Gasteiger partial charge is 0.0791 e. The largest absolute Gasteiger partial charge is 0.390 e. The molecule has 1 aromatic heterocycles. The Hall–Kier alpha value is -0.950. The summed E-state index contributed by atoms with van der Waals surface area (Å²) in [6, 6.07) is 2.20. The molecule has 1 aliphatic rings. The van der Waals surface area contributed by atoms with Crippen LogP contribution in [0.25, 0.3) is 0 Å². The highest BCUT2D eigenvalue weighted by molar-refractivity contribution is 4.80. The first kappa shape index (κ1) is 16.4. The predicted molar refractivity (Wildman–Crippen MR) is 82.1 cm³/mol. The molecule has 0 aromatic carbocycles. The van der Waals surface area contributed by atoms with Crippen molar-refractivity contribution in [3.63, 3.8) is 0 Å². The molecule has 1 saturated heterocycles.